The number of benzene rings is 8. The Bertz CT molecular complexity index is 3640. The monoisotopic (exact) mass is 786 g/mol. The van der Waals surface area contributed by atoms with Crippen LogP contribution in [0.25, 0.3) is 87.6 Å². The van der Waals surface area contributed by atoms with Gasteiger partial charge in [0.2, 0.25) is 0 Å². The van der Waals surface area contributed by atoms with E-state index in [9.17, 15) is 0 Å². The van der Waals surface area contributed by atoms with Crippen LogP contribution < -0.4 is 9.80 Å². The van der Waals surface area contributed by atoms with Crippen LogP contribution in [0.5, 0.6) is 0 Å². The van der Waals surface area contributed by atoms with Crippen molar-refractivity contribution in [1.29, 1.82) is 0 Å². The molecule has 0 saturated heterocycles. The average molecular weight is 787 g/mol. The molecule has 286 valence electrons. The molecule has 5 aromatic heterocycles. The number of para-hydroxylation sites is 2. The molecule has 9 nitrogen and oxygen atoms in total. The van der Waals surface area contributed by atoms with Crippen molar-refractivity contribution in [2.24, 2.45) is 0 Å². The fraction of sp³-hybridized carbons (Fsp3) is 0. The molecule has 5 heterocycles. The standard InChI is InChI=1S/C52H30N6O3/c1-3-11-33-25-35(19-17-31(33)9-1)57(37-21-23-41-39-13-5-7-15-43(39)59-45(41)27-37)49-29-47-51(55-53-49)52-48(61-47)30-50(54-56-52)58(36-20-18-32-10-2-4-12-34(32)26-36)38-22-24-42-40-14-6-8-16-44(40)60-46(42)28-38/h1-30H. The molecule has 0 N–H and O–H groups in total. The summed E-state index contributed by atoms with van der Waals surface area (Å²) < 4.78 is 19.3. The van der Waals surface area contributed by atoms with Crippen molar-refractivity contribution in [2.45, 2.75) is 0 Å². The van der Waals surface area contributed by atoms with E-state index >= 15 is 0 Å². The zero-order valence-electron chi connectivity index (χ0n) is 32.2. The van der Waals surface area contributed by atoms with Crippen molar-refractivity contribution in [3.8, 4) is 0 Å². The zero-order chi connectivity index (χ0) is 40.0. The summed E-state index contributed by atoms with van der Waals surface area (Å²) in [5.74, 6) is 1.14. The minimum atomic E-state index is 0.518. The Balaban J connectivity index is 0.961. The lowest BCUT2D eigenvalue weighted by molar-refractivity contribution is 0.665. The predicted octanol–water partition coefficient (Wildman–Crippen LogP) is 14.2. The summed E-state index contributed by atoms with van der Waals surface area (Å²) in [5, 5.41) is 27.8. The van der Waals surface area contributed by atoms with Gasteiger partial charge in [-0.25, -0.2) is 0 Å². The Hall–Kier alpha value is -8.56. The van der Waals surface area contributed by atoms with Gasteiger partial charge < -0.3 is 13.3 Å². The van der Waals surface area contributed by atoms with Gasteiger partial charge in [-0.05, 0) is 82.2 Å². The van der Waals surface area contributed by atoms with Crippen LogP contribution in [0.1, 0.15) is 0 Å². The highest BCUT2D eigenvalue weighted by Gasteiger charge is 2.23. The number of fused-ring (bicyclic) bond motifs is 11. The lowest BCUT2D eigenvalue weighted by Crippen LogP contribution is -2.12. The highest BCUT2D eigenvalue weighted by Crippen LogP contribution is 2.42. The summed E-state index contributed by atoms with van der Waals surface area (Å²) in [6, 6.07) is 61.9. The molecule has 61 heavy (non-hydrogen) atoms. The lowest BCUT2D eigenvalue weighted by atomic mass is 10.1. The van der Waals surface area contributed by atoms with Crippen molar-refractivity contribution in [1.82, 2.24) is 20.4 Å². The van der Waals surface area contributed by atoms with Crippen LogP contribution in [-0.2, 0) is 0 Å². The first-order chi connectivity index (χ1) is 30.2. The van der Waals surface area contributed by atoms with Crippen molar-refractivity contribution in [2.75, 3.05) is 9.80 Å². The number of anilines is 6. The molecular weight excluding hydrogens is 757 g/mol. The van der Waals surface area contributed by atoms with Gasteiger partial charge in [-0.15, -0.1) is 20.4 Å². The minimum absolute atomic E-state index is 0.518. The maximum atomic E-state index is 6.64. The number of furan rings is 3. The molecule has 8 aromatic carbocycles. The normalized spacial score (nSPS) is 11.9. The average Bonchev–Trinajstić information content (AvgIpc) is 3.99. The highest BCUT2D eigenvalue weighted by molar-refractivity contribution is 6.08. The molecule has 13 aromatic rings. The summed E-state index contributed by atoms with van der Waals surface area (Å²) in [5.41, 5.74) is 8.88. The largest absolute Gasteiger partial charge is 0.456 e. The molecule has 0 radical (unpaired) electrons. The number of rotatable bonds is 6. The van der Waals surface area contributed by atoms with Crippen LogP contribution in [0.4, 0.5) is 34.4 Å². The van der Waals surface area contributed by atoms with Crippen LogP contribution in [-0.4, -0.2) is 20.4 Å². The van der Waals surface area contributed by atoms with Crippen molar-refractivity contribution >= 4 is 122 Å². The molecule has 0 unspecified atom stereocenters. The number of aromatic nitrogens is 4. The van der Waals surface area contributed by atoms with E-state index < -0.39 is 0 Å². The van der Waals surface area contributed by atoms with E-state index in [-0.39, 0.29) is 0 Å². The van der Waals surface area contributed by atoms with Gasteiger partial charge in [0, 0.05) is 57.2 Å². The molecule has 0 atom stereocenters. The van der Waals surface area contributed by atoms with Crippen LogP contribution in [0.3, 0.4) is 0 Å². The second-order valence-corrected chi connectivity index (χ2v) is 15.2. The van der Waals surface area contributed by atoms with Gasteiger partial charge in [-0.1, -0.05) is 97.1 Å². The molecule has 0 amide bonds. The van der Waals surface area contributed by atoms with Gasteiger partial charge in [0.15, 0.2) is 33.8 Å². The Morgan fingerprint density at radius 2 is 0.656 bits per heavy atom. The fourth-order valence-corrected chi connectivity index (χ4v) is 8.72. The molecule has 0 bridgehead atoms. The van der Waals surface area contributed by atoms with Crippen molar-refractivity contribution in [3.63, 3.8) is 0 Å². The highest BCUT2D eigenvalue weighted by atomic mass is 16.3. The molecule has 9 heteroatoms. The maximum absolute atomic E-state index is 6.64. The van der Waals surface area contributed by atoms with Gasteiger partial charge in [0.25, 0.3) is 0 Å². The minimum Gasteiger partial charge on any atom is -0.456 e. The van der Waals surface area contributed by atoms with Gasteiger partial charge in [0.05, 0.1) is 11.4 Å². The molecule has 0 fully saturated rings. The molecular formula is C52H30N6O3. The van der Waals surface area contributed by atoms with Gasteiger partial charge in [-0.2, -0.15) is 0 Å². The molecule has 0 aliphatic rings. The third-order valence-corrected chi connectivity index (χ3v) is 11.6. The Kier molecular flexibility index (Phi) is 7.11. The van der Waals surface area contributed by atoms with Crippen LogP contribution >= 0.6 is 0 Å². The molecule has 0 aliphatic heterocycles. The summed E-state index contributed by atoms with van der Waals surface area (Å²) in [7, 11) is 0. The Labute approximate surface area is 346 Å². The second kappa shape index (κ2) is 13.0. The molecule has 0 aliphatic carbocycles. The third kappa shape index (κ3) is 5.34. The lowest BCUT2D eigenvalue weighted by Gasteiger charge is -2.24. The van der Waals surface area contributed by atoms with Crippen LogP contribution in [0, 0.1) is 0 Å². The second-order valence-electron chi connectivity index (χ2n) is 15.2. The first kappa shape index (κ1) is 33.4. The van der Waals surface area contributed by atoms with Crippen molar-refractivity contribution < 1.29 is 13.3 Å². The first-order valence-electron chi connectivity index (χ1n) is 20.0. The smallest absolute Gasteiger partial charge is 0.164 e. The predicted molar refractivity (Wildman–Crippen MR) is 244 cm³/mol. The number of hydrogen-bond acceptors (Lipinski definition) is 9. The van der Waals surface area contributed by atoms with Gasteiger partial charge in [-0.3, -0.25) is 9.80 Å². The van der Waals surface area contributed by atoms with Crippen molar-refractivity contribution in [3.05, 3.63) is 182 Å². The van der Waals surface area contributed by atoms with Gasteiger partial charge >= 0.3 is 0 Å². The summed E-state index contributed by atoms with van der Waals surface area (Å²) in [6.45, 7) is 0. The number of hydrogen-bond donors (Lipinski definition) is 0. The number of nitrogens with zero attached hydrogens (tertiary/aromatic N) is 6. The topological polar surface area (TPSA) is 97.5 Å². The van der Waals surface area contributed by atoms with E-state index in [1.807, 2.05) is 72.8 Å². The van der Waals surface area contributed by atoms with E-state index in [1.165, 1.54) is 0 Å². The Morgan fingerprint density at radius 3 is 1.15 bits per heavy atom. The van der Waals surface area contributed by atoms with E-state index in [0.717, 1.165) is 88.2 Å². The summed E-state index contributed by atoms with van der Waals surface area (Å²) >= 11 is 0. The summed E-state index contributed by atoms with van der Waals surface area (Å²) in [4.78, 5) is 4.15. The fourth-order valence-electron chi connectivity index (χ4n) is 8.72. The van der Waals surface area contributed by atoms with E-state index in [1.54, 1.807) is 0 Å². The van der Waals surface area contributed by atoms with Crippen LogP contribution in [0.15, 0.2) is 195 Å². The SMILES string of the molecule is c1ccc2cc(N(c3ccc4c(c3)oc3ccccc34)c3cc4oc5cc(N(c6ccc7ccccc7c6)c6ccc7c(c6)oc6ccccc67)nnc5c4nn3)ccc2c1. The van der Waals surface area contributed by atoms with Gasteiger partial charge in [0.1, 0.15) is 22.3 Å². The Morgan fingerprint density at radius 1 is 0.279 bits per heavy atom. The zero-order valence-corrected chi connectivity index (χ0v) is 32.2. The third-order valence-electron chi connectivity index (χ3n) is 11.6. The molecule has 13 rings (SSSR count). The molecule has 0 saturated carbocycles. The van der Waals surface area contributed by atoms with Crippen LogP contribution in [0.2, 0.25) is 0 Å². The summed E-state index contributed by atoms with van der Waals surface area (Å²) in [6.07, 6.45) is 0. The maximum Gasteiger partial charge on any atom is 0.164 e. The van der Waals surface area contributed by atoms with E-state index in [0.29, 0.717) is 33.8 Å². The first-order valence-corrected chi connectivity index (χ1v) is 20.0. The molecule has 0 spiro atoms. The van der Waals surface area contributed by atoms with E-state index in [4.69, 9.17) is 33.6 Å². The van der Waals surface area contributed by atoms with E-state index in [2.05, 4.69) is 119 Å². The quantitative estimate of drug-likeness (QED) is 0.163.